The fourth-order valence-electron chi connectivity index (χ4n) is 1.95. The first-order valence-electron chi connectivity index (χ1n) is 6.11. The van der Waals surface area contributed by atoms with Gasteiger partial charge in [-0.3, -0.25) is 0 Å². The van der Waals surface area contributed by atoms with Crippen LogP contribution in [0.15, 0.2) is 28.7 Å². The molecule has 0 spiro atoms. The maximum absolute atomic E-state index is 5.40. The molecule has 0 amide bonds. The molecule has 2 N–H and O–H groups in total. The quantitative estimate of drug-likeness (QED) is 0.810. The molecule has 4 heteroatoms. The van der Waals surface area contributed by atoms with Crippen molar-refractivity contribution in [3.8, 4) is 0 Å². The molecule has 1 fully saturated rings. The molecule has 1 aliphatic heterocycles. The lowest BCUT2D eigenvalue weighted by molar-refractivity contribution is 0.0768. The van der Waals surface area contributed by atoms with E-state index in [0.29, 0.717) is 6.04 Å². The molecule has 1 atom stereocenters. The van der Waals surface area contributed by atoms with Crippen LogP contribution in [0.4, 0.5) is 0 Å². The Hall–Kier alpha value is -0.420. The molecule has 94 valence electrons. The zero-order chi connectivity index (χ0) is 11.9. The van der Waals surface area contributed by atoms with Crippen LogP contribution in [0.5, 0.6) is 0 Å². The first-order chi connectivity index (χ1) is 8.34. The minimum Gasteiger partial charge on any atom is -0.378 e. The second-order valence-electron chi connectivity index (χ2n) is 4.31. The van der Waals surface area contributed by atoms with Gasteiger partial charge in [0, 0.05) is 23.6 Å². The predicted molar refractivity (Wildman–Crippen MR) is 73.3 cm³/mol. The van der Waals surface area contributed by atoms with Crippen LogP contribution in [-0.2, 0) is 11.2 Å². The van der Waals surface area contributed by atoms with Crippen LogP contribution in [0, 0.1) is 0 Å². The molecule has 0 aromatic heterocycles. The van der Waals surface area contributed by atoms with Crippen molar-refractivity contribution in [1.82, 2.24) is 10.6 Å². The standard InChI is InChI=1S/C13H19BrN2O/c14-12-3-1-2-11(8-12)4-5-15-9-13-10-17-7-6-16-13/h1-3,8,13,15-16H,4-7,9-10H2. The Morgan fingerprint density at radius 1 is 1.47 bits per heavy atom. The zero-order valence-corrected chi connectivity index (χ0v) is 11.5. The van der Waals surface area contributed by atoms with Gasteiger partial charge < -0.3 is 15.4 Å². The van der Waals surface area contributed by atoms with E-state index in [2.05, 4.69) is 50.8 Å². The van der Waals surface area contributed by atoms with E-state index in [9.17, 15) is 0 Å². The summed E-state index contributed by atoms with van der Waals surface area (Å²) in [5.74, 6) is 0. The van der Waals surface area contributed by atoms with Crippen molar-refractivity contribution in [1.29, 1.82) is 0 Å². The second-order valence-corrected chi connectivity index (χ2v) is 5.23. The van der Waals surface area contributed by atoms with E-state index in [-0.39, 0.29) is 0 Å². The van der Waals surface area contributed by atoms with Crippen LogP contribution in [0.2, 0.25) is 0 Å². The highest BCUT2D eigenvalue weighted by molar-refractivity contribution is 9.10. The van der Waals surface area contributed by atoms with Crippen LogP contribution >= 0.6 is 15.9 Å². The Bertz CT molecular complexity index is 340. The average Bonchev–Trinajstić information content (AvgIpc) is 2.36. The Labute approximate surface area is 111 Å². The van der Waals surface area contributed by atoms with Gasteiger partial charge in [-0.15, -0.1) is 0 Å². The number of hydrogen-bond acceptors (Lipinski definition) is 3. The Kier molecular flexibility index (Phi) is 5.45. The molecule has 0 radical (unpaired) electrons. The maximum Gasteiger partial charge on any atom is 0.0632 e. The monoisotopic (exact) mass is 298 g/mol. The smallest absolute Gasteiger partial charge is 0.0632 e. The molecular formula is C13H19BrN2O. The Morgan fingerprint density at radius 3 is 3.18 bits per heavy atom. The summed E-state index contributed by atoms with van der Waals surface area (Å²) in [6, 6.07) is 8.93. The summed E-state index contributed by atoms with van der Waals surface area (Å²) in [6.45, 7) is 4.62. The lowest BCUT2D eigenvalue weighted by Crippen LogP contribution is -2.47. The van der Waals surface area contributed by atoms with Crippen molar-refractivity contribution in [2.24, 2.45) is 0 Å². The first-order valence-corrected chi connectivity index (χ1v) is 6.90. The summed E-state index contributed by atoms with van der Waals surface area (Å²) in [5.41, 5.74) is 1.36. The molecule has 3 nitrogen and oxygen atoms in total. The highest BCUT2D eigenvalue weighted by Crippen LogP contribution is 2.11. The fourth-order valence-corrected chi connectivity index (χ4v) is 2.40. The van der Waals surface area contributed by atoms with Crippen LogP contribution < -0.4 is 10.6 Å². The maximum atomic E-state index is 5.40. The van der Waals surface area contributed by atoms with Gasteiger partial charge in [0.2, 0.25) is 0 Å². The van der Waals surface area contributed by atoms with Gasteiger partial charge in [-0.1, -0.05) is 28.1 Å². The van der Waals surface area contributed by atoms with E-state index in [1.54, 1.807) is 0 Å². The highest BCUT2D eigenvalue weighted by atomic mass is 79.9. The molecule has 1 aromatic rings. The largest absolute Gasteiger partial charge is 0.378 e. The SMILES string of the molecule is Brc1cccc(CCNCC2COCCN2)c1. The molecule has 1 aliphatic rings. The zero-order valence-electron chi connectivity index (χ0n) is 9.92. The van der Waals surface area contributed by atoms with Crippen molar-refractivity contribution in [3.63, 3.8) is 0 Å². The summed E-state index contributed by atoms with van der Waals surface area (Å²) in [7, 11) is 0. The van der Waals surface area contributed by atoms with Crippen molar-refractivity contribution >= 4 is 15.9 Å². The summed E-state index contributed by atoms with van der Waals surface area (Å²) in [6.07, 6.45) is 1.06. The third kappa shape index (κ3) is 4.76. The molecule has 1 heterocycles. The topological polar surface area (TPSA) is 33.3 Å². The summed E-state index contributed by atoms with van der Waals surface area (Å²) < 4.78 is 6.55. The second kappa shape index (κ2) is 7.11. The van der Waals surface area contributed by atoms with Gasteiger partial charge in [-0.05, 0) is 30.7 Å². The number of rotatable bonds is 5. The van der Waals surface area contributed by atoms with Crippen molar-refractivity contribution in [2.45, 2.75) is 12.5 Å². The van der Waals surface area contributed by atoms with Gasteiger partial charge in [0.15, 0.2) is 0 Å². The summed E-state index contributed by atoms with van der Waals surface area (Å²) in [5, 5.41) is 6.90. The van der Waals surface area contributed by atoms with Gasteiger partial charge in [-0.2, -0.15) is 0 Å². The highest BCUT2D eigenvalue weighted by Gasteiger charge is 2.11. The van der Waals surface area contributed by atoms with Gasteiger partial charge in [-0.25, -0.2) is 0 Å². The lowest BCUT2D eigenvalue weighted by Gasteiger charge is -2.24. The van der Waals surface area contributed by atoms with E-state index in [1.165, 1.54) is 5.56 Å². The number of halogens is 1. The minimum absolute atomic E-state index is 0.464. The summed E-state index contributed by atoms with van der Waals surface area (Å²) >= 11 is 3.49. The fraction of sp³-hybridized carbons (Fsp3) is 0.538. The number of hydrogen-bond donors (Lipinski definition) is 2. The lowest BCUT2D eigenvalue weighted by atomic mass is 10.1. The van der Waals surface area contributed by atoms with Gasteiger partial charge in [0.05, 0.1) is 13.2 Å². The minimum atomic E-state index is 0.464. The normalized spacial score (nSPS) is 20.4. The van der Waals surface area contributed by atoms with Gasteiger partial charge >= 0.3 is 0 Å². The molecule has 17 heavy (non-hydrogen) atoms. The molecular weight excluding hydrogens is 280 g/mol. The molecule has 0 saturated carbocycles. The summed E-state index contributed by atoms with van der Waals surface area (Å²) in [4.78, 5) is 0. The van der Waals surface area contributed by atoms with E-state index < -0.39 is 0 Å². The molecule has 0 bridgehead atoms. The van der Waals surface area contributed by atoms with E-state index in [4.69, 9.17) is 4.74 Å². The van der Waals surface area contributed by atoms with E-state index in [1.807, 2.05) is 0 Å². The molecule has 1 unspecified atom stereocenters. The number of benzene rings is 1. The Morgan fingerprint density at radius 2 is 2.41 bits per heavy atom. The van der Waals surface area contributed by atoms with Crippen molar-refractivity contribution < 1.29 is 4.74 Å². The Balaban J connectivity index is 1.62. The van der Waals surface area contributed by atoms with E-state index >= 15 is 0 Å². The van der Waals surface area contributed by atoms with Crippen molar-refractivity contribution in [2.75, 3.05) is 32.8 Å². The third-order valence-corrected chi connectivity index (χ3v) is 3.36. The van der Waals surface area contributed by atoms with Crippen molar-refractivity contribution in [3.05, 3.63) is 34.3 Å². The van der Waals surface area contributed by atoms with Crippen LogP contribution in [0.25, 0.3) is 0 Å². The van der Waals surface area contributed by atoms with Gasteiger partial charge in [0.25, 0.3) is 0 Å². The van der Waals surface area contributed by atoms with Gasteiger partial charge in [0.1, 0.15) is 0 Å². The molecule has 1 aromatic carbocycles. The number of nitrogens with one attached hydrogen (secondary N) is 2. The molecule has 2 rings (SSSR count). The van der Waals surface area contributed by atoms with Crippen LogP contribution in [0.3, 0.4) is 0 Å². The number of ether oxygens (including phenoxy) is 1. The number of morpholine rings is 1. The third-order valence-electron chi connectivity index (χ3n) is 2.87. The molecule has 1 saturated heterocycles. The van der Waals surface area contributed by atoms with Crippen LogP contribution in [0.1, 0.15) is 5.56 Å². The average molecular weight is 299 g/mol. The predicted octanol–water partition coefficient (Wildman–Crippen LogP) is 1.57. The molecule has 0 aliphatic carbocycles. The van der Waals surface area contributed by atoms with Crippen LogP contribution in [-0.4, -0.2) is 38.9 Å². The van der Waals surface area contributed by atoms with E-state index in [0.717, 1.165) is 43.7 Å². The first kappa shape index (κ1) is 13.0.